The smallest absolute Gasteiger partial charge is 0.326 e. The number of rotatable bonds is 6. The lowest BCUT2D eigenvalue weighted by molar-refractivity contribution is 0.411. The molecular formula is C17H18FN3O4S. The van der Waals surface area contributed by atoms with Gasteiger partial charge in [-0.15, -0.1) is 0 Å². The molecule has 0 spiro atoms. The molecule has 0 fully saturated rings. The summed E-state index contributed by atoms with van der Waals surface area (Å²) in [5, 5.41) is 0. The number of benzene rings is 2. The zero-order valence-electron chi connectivity index (χ0n) is 14.2. The monoisotopic (exact) mass is 379 g/mol. The topological polar surface area (TPSA) is 93.2 Å². The molecule has 0 saturated heterocycles. The first-order valence-corrected chi connectivity index (χ1v) is 9.32. The maximum absolute atomic E-state index is 13.2. The van der Waals surface area contributed by atoms with E-state index in [2.05, 4.69) is 9.71 Å². The second-order valence-corrected chi connectivity index (χ2v) is 7.54. The molecule has 0 atom stereocenters. The van der Waals surface area contributed by atoms with E-state index in [9.17, 15) is 17.6 Å². The van der Waals surface area contributed by atoms with Crippen LogP contribution in [0, 0.1) is 12.7 Å². The first kappa shape index (κ1) is 18.2. The Kier molecular flexibility index (Phi) is 4.84. The van der Waals surface area contributed by atoms with Crippen molar-refractivity contribution in [2.75, 3.05) is 13.7 Å². The van der Waals surface area contributed by atoms with Gasteiger partial charge in [-0.05, 0) is 48.9 Å². The second kappa shape index (κ2) is 6.93. The minimum absolute atomic E-state index is 0.0116. The van der Waals surface area contributed by atoms with Gasteiger partial charge in [-0.3, -0.25) is 4.57 Å². The van der Waals surface area contributed by atoms with Crippen molar-refractivity contribution in [2.45, 2.75) is 18.4 Å². The third-order valence-corrected chi connectivity index (χ3v) is 5.50. The molecule has 0 bridgehead atoms. The van der Waals surface area contributed by atoms with Crippen LogP contribution in [-0.2, 0) is 16.6 Å². The molecule has 2 N–H and O–H groups in total. The molecule has 0 unspecified atom stereocenters. The zero-order valence-corrected chi connectivity index (χ0v) is 15.1. The Morgan fingerprint density at radius 3 is 2.69 bits per heavy atom. The number of ether oxygens (including phenoxy) is 1. The maximum Gasteiger partial charge on any atom is 0.326 e. The Bertz CT molecular complexity index is 1120. The van der Waals surface area contributed by atoms with Gasteiger partial charge in [0.2, 0.25) is 10.0 Å². The molecule has 0 aliphatic rings. The van der Waals surface area contributed by atoms with Crippen LogP contribution in [0.15, 0.2) is 46.1 Å². The first-order chi connectivity index (χ1) is 12.3. The maximum atomic E-state index is 13.2. The SMILES string of the molecule is COc1ccc(S(=O)(=O)NCCn2c(=O)[nH]c3cc(F)ccc32)cc1C. The third-order valence-electron chi connectivity index (χ3n) is 4.04. The predicted molar refractivity (Wildman–Crippen MR) is 95.4 cm³/mol. The zero-order chi connectivity index (χ0) is 18.9. The van der Waals surface area contributed by atoms with Crippen LogP contribution in [0.5, 0.6) is 5.75 Å². The van der Waals surface area contributed by atoms with Crippen molar-refractivity contribution >= 4 is 21.1 Å². The van der Waals surface area contributed by atoms with Crippen molar-refractivity contribution in [2.24, 2.45) is 0 Å². The van der Waals surface area contributed by atoms with Gasteiger partial charge in [0.15, 0.2) is 0 Å². The van der Waals surface area contributed by atoms with Gasteiger partial charge in [0.05, 0.1) is 23.0 Å². The number of aryl methyl sites for hydroxylation is 1. The summed E-state index contributed by atoms with van der Waals surface area (Å²) in [6.07, 6.45) is 0. The second-order valence-electron chi connectivity index (χ2n) is 5.77. The van der Waals surface area contributed by atoms with E-state index in [0.717, 1.165) is 0 Å². The van der Waals surface area contributed by atoms with Crippen LogP contribution in [-0.4, -0.2) is 31.6 Å². The van der Waals surface area contributed by atoms with E-state index < -0.39 is 21.5 Å². The Morgan fingerprint density at radius 2 is 2.00 bits per heavy atom. The van der Waals surface area contributed by atoms with Crippen molar-refractivity contribution in [3.8, 4) is 5.75 Å². The van der Waals surface area contributed by atoms with Gasteiger partial charge in [0.1, 0.15) is 11.6 Å². The molecule has 0 aliphatic heterocycles. The summed E-state index contributed by atoms with van der Waals surface area (Å²) in [5.74, 6) is 0.142. The van der Waals surface area contributed by atoms with Crippen LogP contribution >= 0.6 is 0 Å². The molecule has 2 aromatic carbocycles. The average molecular weight is 379 g/mol. The van der Waals surface area contributed by atoms with E-state index in [1.165, 1.54) is 42.0 Å². The van der Waals surface area contributed by atoms with E-state index in [-0.39, 0.29) is 18.0 Å². The van der Waals surface area contributed by atoms with Crippen LogP contribution in [0.4, 0.5) is 4.39 Å². The number of aromatic nitrogens is 2. The number of aromatic amines is 1. The Hall–Kier alpha value is -2.65. The number of sulfonamides is 1. The molecule has 1 aromatic heterocycles. The number of nitrogens with zero attached hydrogens (tertiary/aromatic N) is 1. The van der Waals surface area contributed by atoms with E-state index in [0.29, 0.717) is 22.3 Å². The number of halogens is 1. The first-order valence-electron chi connectivity index (χ1n) is 7.84. The summed E-state index contributed by atoms with van der Waals surface area (Å²) in [4.78, 5) is 14.6. The molecule has 0 amide bonds. The van der Waals surface area contributed by atoms with Crippen LogP contribution in [0.1, 0.15) is 5.56 Å². The average Bonchev–Trinajstić information content (AvgIpc) is 2.89. The van der Waals surface area contributed by atoms with Crippen molar-refractivity contribution in [1.82, 2.24) is 14.3 Å². The normalized spacial score (nSPS) is 11.8. The predicted octanol–water partition coefficient (Wildman–Crippen LogP) is 1.76. The van der Waals surface area contributed by atoms with Crippen LogP contribution in [0.2, 0.25) is 0 Å². The molecule has 0 saturated carbocycles. The number of fused-ring (bicyclic) bond motifs is 1. The highest BCUT2D eigenvalue weighted by atomic mass is 32.2. The molecule has 1 heterocycles. The van der Waals surface area contributed by atoms with Crippen LogP contribution in [0.3, 0.4) is 0 Å². The van der Waals surface area contributed by atoms with E-state index in [4.69, 9.17) is 4.74 Å². The molecule has 138 valence electrons. The number of H-pyrrole nitrogens is 1. The lowest BCUT2D eigenvalue weighted by Gasteiger charge is -2.10. The number of nitrogens with one attached hydrogen (secondary N) is 2. The minimum Gasteiger partial charge on any atom is -0.496 e. The fourth-order valence-corrected chi connectivity index (χ4v) is 3.86. The number of hydrogen-bond donors (Lipinski definition) is 2. The number of methoxy groups -OCH3 is 1. The van der Waals surface area contributed by atoms with Gasteiger partial charge in [0.25, 0.3) is 0 Å². The quantitative estimate of drug-likeness (QED) is 0.683. The van der Waals surface area contributed by atoms with Crippen molar-refractivity contribution in [3.63, 3.8) is 0 Å². The van der Waals surface area contributed by atoms with Gasteiger partial charge in [-0.2, -0.15) is 0 Å². The van der Waals surface area contributed by atoms with E-state index in [1.54, 1.807) is 13.0 Å². The highest BCUT2D eigenvalue weighted by Gasteiger charge is 2.15. The largest absolute Gasteiger partial charge is 0.496 e. The summed E-state index contributed by atoms with van der Waals surface area (Å²) in [5.41, 5.74) is 1.15. The van der Waals surface area contributed by atoms with Gasteiger partial charge in [-0.25, -0.2) is 22.3 Å². The summed E-state index contributed by atoms with van der Waals surface area (Å²) in [6, 6.07) is 8.50. The van der Waals surface area contributed by atoms with Gasteiger partial charge < -0.3 is 9.72 Å². The third kappa shape index (κ3) is 3.49. The van der Waals surface area contributed by atoms with Crippen molar-refractivity contribution in [3.05, 3.63) is 58.3 Å². The van der Waals surface area contributed by atoms with Gasteiger partial charge in [-0.1, -0.05) is 0 Å². The standard InChI is InChI=1S/C17H18FN3O4S/c1-11-9-13(4-6-16(11)25-2)26(23,24)19-7-8-21-15-5-3-12(18)10-14(15)20-17(21)22/h3-6,9-10,19H,7-8H2,1-2H3,(H,20,22). The fraction of sp³-hybridized carbons (Fsp3) is 0.235. The summed E-state index contributed by atoms with van der Waals surface area (Å²) in [7, 11) is -2.21. The molecule has 7 nitrogen and oxygen atoms in total. The molecule has 26 heavy (non-hydrogen) atoms. The highest BCUT2D eigenvalue weighted by molar-refractivity contribution is 7.89. The van der Waals surface area contributed by atoms with Gasteiger partial charge >= 0.3 is 5.69 Å². The summed E-state index contributed by atoms with van der Waals surface area (Å²) in [6.45, 7) is 1.87. The Labute approximate surface area is 149 Å². The lowest BCUT2D eigenvalue weighted by Crippen LogP contribution is -2.30. The number of hydrogen-bond acceptors (Lipinski definition) is 4. The van der Waals surface area contributed by atoms with Crippen LogP contribution < -0.4 is 15.1 Å². The van der Waals surface area contributed by atoms with Crippen molar-refractivity contribution in [1.29, 1.82) is 0 Å². The molecule has 0 radical (unpaired) electrons. The van der Waals surface area contributed by atoms with E-state index in [1.807, 2.05) is 0 Å². The fourth-order valence-electron chi connectivity index (χ4n) is 2.75. The highest BCUT2D eigenvalue weighted by Crippen LogP contribution is 2.21. The van der Waals surface area contributed by atoms with Gasteiger partial charge in [0, 0.05) is 13.1 Å². The number of imidazole rings is 1. The lowest BCUT2D eigenvalue weighted by atomic mass is 10.2. The van der Waals surface area contributed by atoms with E-state index >= 15 is 0 Å². The molecule has 3 rings (SSSR count). The molecule has 9 heteroatoms. The molecule has 3 aromatic rings. The summed E-state index contributed by atoms with van der Waals surface area (Å²) >= 11 is 0. The van der Waals surface area contributed by atoms with Crippen molar-refractivity contribution < 1.29 is 17.5 Å². The summed E-state index contributed by atoms with van der Waals surface area (Å²) < 4.78 is 47.0. The molecular weight excluding hydrogens is 361 g/mol. The van der Waals surface area contributed by atoms with Crippen LogP contribution in [0.25, 0.3) is 11.0 Å². The molecule has 0 aliphatic carbocycles. The minimum atomic E-state index is -3.72. The Balaban J connectivity index is 1.76. The Morgan fingerprint density at radius 1 is 1.23 bits per heavy atom.